The third-order valence-corrected chi connectivity index (χ3v) is 5.38. The Kier molecular flexibility index (Phi) is 6.97. The average molecular weight is 498 g/mol. The van der Waals surface area contributed by atoms with Crippen LogP contribution in [-0.4, -0.2) is 39.5 Å². The Labute approximate surface area is 209 Å². The second-order valence-electron chi connectivity index (χ2n) is 7.68. The van der Waals surface area contributed by atoms with Crippen molar-refractivity contribution in [1.82, 2.24) is 0 Å². The first-order chi connectivity index (χ1) is 17.8. The lowest BCUT2D eigenvalue weighted by atomic mass is 10.1. The predicted molar refractivity (Wildman–Crippen MR) is 131 cm³/mol. The second-order valence-corrected chi connectivity index (χ2v) is 7.68. The van der Waals surface area contributed by atoms with Gasteiger partial charge in [-0.15, -0.1) is 0 Å². The lowest BCUT2D eigenvalue weighted by molar-refractivity contribution is 0.0649. The molecule has 4 aromatic rings. The van der Waals surface area contributed by atoms with Crippen molar-refractivity contribution in [2.45, 2.75) is 0 Å². The summed E-state index contributed by atoms with van der Waals surface area (Å²) in [6.07, 6.45) is 0.439. The van der Waals surface area contributed by atoms with Gasteiger partial charge in [-0.25, -0.2) is 14.4 Å². The predicted octanol–water partition coefficient (Wildman–Crippen LogP) is 5.85. The highest BCUT2D eigenvalue weighted by Crippen LogP contribution is 2.32. The molecular weight excluding hydrogens is 480 g/mol. The highest BCUT2D eigenvalue weighted by atomic mass is 16.5. The Bertz CT molecular complexity index is 1500. The number of aromatic carboxylic acids is 3. The Morgan fingerprint density at radius 1 is 0.568 bits per heavy atom. The number of carboxylic acid groups (broad SMARTS) is 3. The molecule has 0 amide bonds. The van der Waals surface area contributed by atoms with E-state index < -0.39 is 23.5 Å². The molecule has 37 heavy (non-hydrogen) atoms. The van der Waals surface area contributed by atoms with Crippen molar-refractivity contribution in [3.63, 3.8) is 0 Å². The van der Waals surface area contributed by atoms with Crippen LogP contribution in [0.2, 0.25) is 0 Å². The molecule has 0 spiro atoms. The summed E-state index contributed by atoms with van der Waals surface area (Å²) in [5.74, 6) is -3.28. The number of aldehydes is 1. The quantitative estimate of drug-likeness (QED) is 0.242. The van der Waals surface area contributed by atoms with Gasteiger partial charge in [0.1, 0.15) is 28.6 Å². The minimum absolute atomic E-state index is 0.0605. The molecule has 0 fully saturated rings. The van der Waals surface area contributed by atoms with E-state index in [1.54, 1.807) is 48.5 Å². The number of carbonyl (C=O) groups is 4. The third kappa shape index (κ3) is 5.30. The van der Waals surface area contributed by atoms with Crippen LogP contribution in [0.4, 0.5) is 0 Å². The van der Waals surface area contributed by atoms with Gasteiger partial charge in [0.05, 0.1) is 16.7 Å². The molecular formula is C28H18O9. The number of benzene rings is 4. The number of carboxylic acids is 3. The van der Waals surface area contributed by atoms with Gasteiger partial charge in [0.2, 0.25) is 0 Å². The fourth-order valence-electron chi connectivity index (χ4n) is 3.64. The molecule has 0 aliphatic heterocycles. The van der Waals surface area contributed by atoms with Crippen LogP contribution in [0.25, 0.3) is 11.1 Å². The van der Waals surface area contributed by atoms with E-state index in [2.05, 4.69) is 0 Å². The second kappa shape index (κ2) is 10.4. The average Bonchev–Trinajstić information content (AvgIpc) is 2.89. The Morgan fingerprint density at radius 2 is 1.03 bits per heavy atom. The van der Waals surface area contributed by atoms with Crippen LogP contribution in [0.5, 0.6) is 23.0 Å². The SMILES string of the molecule is O=Cc1c(Oc2ccc(-c3ccc(Oc4cccc(C(=O)O)c4C(=O)O)cc3)cc2)cccc1C(=O)O. The monoisotopic (exact) mass is 498 g/mol. The van der Waals surface area contributed by atoms with Crippen molar-refractivity contribution in [2.75, 3.05) is 0 Å². The van der Waals surface area contributed by atoms with Crippen molar-refractivity contribution in [3.8, 4) is 34.1 Å². The van der Waals surface area contributed by atoms with Gasteiger partial charge in [-0.2, -0.15) is 0 Å². The van der Waals surface area contributed by atoms with Crippen LogP contribution in [0.15, 0.2) is 84.9 Å². The van der Waals surface area contributed by atoms with Crippen molar-refractivity contribution in [1.29, 1.82) is 0 Å². The third-order valence-electron chi connectivity index (χ3n) is 5.38. The molecule has 0 aromatic heterocycles. The number of carbonyl (C=O) groups excluding carboxylic acids is 1. The van der Waals surface area contributed by atoms with E-state index in [1.165, 1.54) is 36.4 Å². The molecule has 0 saturated carbocycles. The van der Waals surface area contributed by atoms with Crippen LogP contribution in [0.3, 0.4) is 0 Å². The first kappa shape index (κ1) is 24.7. The van der Waals surface area contributed by atoms with Crippen LogP contribution >= 0.6 is 0 Å². The van der Waals surface area contributed by atoms with Gasteiger partial charge in [-0.05, 0) is 59.7 Å². The molecule has 4 rings (SSSR count). The fraction of sp³-hybridized carbons (Fsp3) is 0. The van der Waals surface area contributed by atoms with E-state index in [-0.39, 0.29) is 28.2 Å². The summed E-state index contributed by atoms with van der Waals surface area (Å²) in [5, 5.41) is 28.0. The zero-order valence-corrected chi connectivity index (χ0v) is 19.0. The van der Waals surface area contributed by atoms with Crippen LogP contribution in [-0.2, 0) is 0 Å². The highest BCUT2D eigenvalue weighted by Gasteiger charge is 2.21. The molecule has 0 heterocycles. The number of ether oxygens (including phenoxy) is 2. The Hall–Kier alpha value is -5.44. The molecule has 0 aliphatic carbocycles. The molecule has 0 unspecified atom stereocenters. The van der Waals surface area contributed by atoms with E-state index in [0.29, 0.717) is 17.8 Å². The summed E-state index contributed by atoms with van der Waals surface area (Å²) in [5.41, 5.74) is 0.581. The lowest BCUT2D eigenvalue weighted by Crippen LogP contribution is -2.09. The summed E-state index contributed by atoms with van der Waals surface area (Å²) < 4.78 is 11.4. The van der Waals surface area contributed by atoms with E-state index in [1.807, 2.05) is 0 Å². The van der Waals surface area contributed by atoms with E-state index in [4.69, 9.17) is 9.47 Å². The van der Waals surface area contributed by atoms with E-state index in [9.17, 15) is 34.5 Å². The van der Waals surface area contributed by atoms with Gasteiger partial charge in [-0.3, -0.25) is 4.79 Å². The molecule has 0 aliphatic rings. The van der Waals surface area contributed by atoms with Crippen LogP contribution in [0.1, 0.15) is 41.4 Å². The van der Waals surface area contributed by atoms with Gasteiger partial charge in [0, 0.05) is 0 Å². The molecule has 0 bridgehead atoms. The maximum absolute atomic E-state index is 11.6. The van der Waals surface area contributed by atoms with Crippen LogP contribution < -0.4 is 9.47 Å². The summed E-state index contributed by atoms with van der Waals surface area (Å²) in [7, 11) is 0. The van der Waals surface area contributed by atoms with Gasteiger partial charge >= 0.3 is 17.9 Å². The molecule has 184 valence electrons. The van der Waals surface area contributed by atoms with Crippen LogP contribution in [0, 0.1) is 0 Å². The number of rotatable bonds is 9. The van der Waals surface area contributed by atoms with Gasteiger partial charge in [0.15, 0.2) is 6.29 Å². The normalized spacial score (nSPS) is 10.4. The van der Waals surface area contributed by atoms with Crippen molar-refractivity contribution < 1.29 is 44.0 Å². The standard InChI is InChI=1S/C28H18O9/c29-15-22-20(26(30)31)3-1-5-23(22)36-18-11-7-16(8-12-18)17-9-13-19(14-10-17)37-24-6-2-4-21(27(32)33)25(24)28(34)35/h1-15H,(H,30,31)(H,32,33)(H,34,35). The topological polar surface area (TPSA) is 147 Å². The maximum atomic E-state index is 11.6. The zero-order valence-electron chi connectivity index (χ0n) is 19.0. The summed E-state index contributed by atoms with van der Waals surface area (Å²) in [6, 6.07) is 21.9. The molecule has 0 saturated heterocycles. The van der Waals surface area contributed by atoms with Crippen molar-refractivity contribution in [3.05, 3.63) is 107 Å². The molecule has 9 nitrogen and oxygen atoms in total. The highest BCUT2D eigenvalue weighted by molar-refractivity contribution is 6.03. The summed E-state index contributed by atoms with van der Waals surface area (Å²) in [4.78, 5) is 45.7. The van der Waals surface area contributed by atoms with Gasteiger partial charge in [0.25, 0.3) is 0 Å². The summed E-state index contributed by atoms with van der Waals surface area (Å²) >= 11 is 0. The number of hydrogen-bond acceptors (Lipinski definition) is 6. The molecule has 3 N–H and O–H groups in total. The lowest BCUT2D eigenvalue weighted by Gasteiger charge is -2.12. The van der Waals surface area contributed by atoms with E-state index >= 15 is 0 Å². The maximum Gasteiger partial charge on any atom is 0.340 e. The fourth-order valence-corrected chi connectivity index (χ4v) is 3.64. The smallest absolute Gasteiger partial charge is 0.340 e. The van der Waals surface area contributed by atoms with Crippen molar-refractivity contribution in [2.24, 2.45) is 0 Å². The largest absolute Gasteiger partial charge is 0.478 e. The van der Waals surface area contributed by atoms with Gasteiger partial charge in [-0.1, -0.05) is 36.4 Å². The Morgan fingerprint density at radius 3 is 1.49 bits per heavy atom. The molecule has 4 aromatic carbocycles. The first-order valence-electron chi connectivity index (χ1n) is 10.8. The van der Waals surface area contributed by atoms with Crippen molar-refractivity contribution >= 4 is 24.2 Å². The Balaban J connectivity index is 1.52. The molecule has 0 radical (unpaired) electrons. The van der Waals surface area contributed by atoms with Gasteiger partial charge < -0.3 is 24.8 Å². The van der Waals surface area contributed by atoms with E-state index in [0.717, 1.165) is 11.1 Å². The minimum Gasteiger partial charge on any atom is -0.478 e. The molecule has 9 heteroatoms. The first-order valence-corrected chi connectivity index (χ1v) is 10.8. The zero-order chi connectivity index (χ0) is 26.5. The summed E-state index contributed by atoms with van der Waals surface area (Å²) in [6.45, 7) is 0. The minimum atomic E-state index is -1.41. The molecule has 0 atom stereocenters. The number of hydrogen-bond donors (Lipinski definition) is 3.